The molecule has 4 heterocycles. The first-order valence-corrected chi connectivity index (χ1v) is 9.32. The van der Waals surface area contributed by atoms with E-state index in [0.717, 1.165) is 16.9 Å². The Morgan fingerprint density at radius 2 is 2.04 bits per heavy atom. The number of fused-ring (bicyclic) bond motifs is 3. The van der Waals surface area contributed by atoms with Crippen molar-refractivity contribution < 1.29 is 23.4 Å². The molecule has 2 spiro atoms. The molecule has 1 unspecified atom stereocenters. The topological polar surface area (TPSA) is 96.3 Å². The number of rotatable bonds is 3. The number of benzene rings is 1. The Bertz CT molecular complexity index is 975. The SMILES string of the molecule is CC1(C)Oc2ccc(CC(=O)c3ccco3)cc2C2(COC(N)=N2)C12COC2. The molecule has 146 valence electrons. The van der Waals surface area contributed by atoms with E-state index in [1.54, 1.807) is 12.1 Å². The van der Waals surface area contributed by atoms with Gasteiger partial charge in [-0.2, -0.15) is 0 Å². The van der Waals surface area contributed by atoms with Crippen LogP contribution in [-0.2, 0) is 21.4 Å². The number of carbonyl (C=O) groups is 1. The van der Waals surface area contributed by atoms with Gasteiger partial charge in [-0.15, -0.1) is 0 Å². The second-order valence-corrected chi connectivity index (χ2v) is 8.19. The number of nitrogens with zero attached hydrogens (tertiary/aromatic N) is 1. The van der Waals surface area contributed by atoms with E-state index in [2.05, 4.69) is 13.8 Å². The average molecular weight is 382 g/mol. The summed E-state index contributed by atoms with van der Waals surface area (Å²) in [6, 6.07) is 9.34. The van der Waals surface area contributed by atoms with Crippen molar-refractivity contribution in [2.75, 3.05) is 19.8 Å². The van der Waals surface area contributed by atoms with E-state index in [4.69, 9.17) is 29.4 Å². The molecule has 28 heavy (non-hydrogen) atoms. The molecular formula is C21H22N2O5. The van der Waals surface area contributed by atoms with E-state index in [9.17, 15) is 4.79 Å². The third-order valence-electron chi connectivity index (χ3n) is 6.39. The normalized spacial score (nSPS) is 26.1. The van der Waals surface area contributed by atoms with Crippen LogP contribution in [0.5, 0.6) is 5.75 Å². The van der Waals surface area contributed by atoms with Crippen LogP contribution in [0.2, 0.25) is 0 Å². The van der Waals surface area contributed by atoms with Crippen molar-refractivity contribution in [3.63, 3.8) is 0 Å². The zero-order valence-corrected chi connectivity index (χ0v) is 15.9. The van der Waals surface area contributed by atoms with Crippen LogP contribution in [0.25, 0.3) is 0 Å². The Labute approximate surface area is 162 Å². The standard InChI is InChI=1S/C21H22N2O5/c1-19(2)20(10-25-11-20)21(12-27-18(22)23-21)14-8-13(5-6-16(14)28-19)9-15(24)17-4-3-7-26-17/h3-8H,9-12H2,1-2H3,(H2,22,23). The zero-order chi connectivity index (χ0) is 19.6. The molecular weight excluding hydrogens is 360 g/mol. The molecule has 1 atom stereocenters. The van der Waals surface area contributed by atoms with Crippen molar-refractivity contribution in [1.29, 1.82) is 0 Å². The molecule has 2 aromatic rings. The minimum atomic E-state index is -0.698. The summed E-state index contributed by atoms with van der Waals surface area (Å²) in [5.74, 6) is 1.00. The summed E-state index contributed by atoms with van der Waals surface area (Å²) >= 11 is 0. The minimum absolute atomic E-state index is 0.0802. The van der Waals surface area contributed by atoms with Crippen molar-refractivity contribution in [1.82, 2.24) is 0 Å². The molecule has 2 N–H and O–H groups in total. The molecule has 3 aliphatic rings. The summed E-state index contributed by atoms with van der Waals surface area (Å²) < 4.78 is 22.9. The van der Waals surface area contributed by atoms with Crippen LogP contribution in [0, 0.1) is 5.41 Å². The molecule has 0 bridgehead atoms. The van der Waals surface area contributed by atoms with Gasteiger partial charge in [-0.1, -0.05) is 6.07 Å². The monoisotopic (exact) mass is 382 g/mol. The highest BCUT2D eigenvalue weighted by molar-refractivity contribution is 5.95. The van der Waals surface area contributed by atoms with Gasteiger partial charge in [-0.25, -0.2) is 4.99 Å². The number of hydrogen-bond acceptors (Lipinski definition) is 7. The van der Waals surface area contributed by atoms with Crippen LogP contribution < -0.4 is 10.5 Å². The van der Waals surface area contributed by atoms with Gasteiger partial charge >= 0.3 is 0 Å². The average Bonchev–Trinajstić information content (AvgIpc) is 3.25. The van der Waals surface area contributed by atoms with E-state index in [0.29, 0.717) is 25.6 Å². The Hall–Kier alpha value is -2.80. The number of ketones is 1. The molecule has 1 aromatic heterocycles. The third-order valence-corrected chi connectivity index (χ3v) is 6.39. The molecule has 1 saturated heterocycles. The Kier molecular flexibility index (Phi) is 3.47. The highest BCUT2D eigenvalue weighted by Crippen LogP contribution is 2.62. The van der Waals surface area contributed by atoms with E-state index >= 15 is 0 Å². The van der Waals surface area contributed by atoms with Gasteiger partial charge in [0.15, 0.2) is 5.76 Å². The number of furan rings is 1. The van der Waals surface area contributed by atoms with E-state index in [-0.39, 0.29) is 18.2 Å². The summed E-state index contributed by atoms with van der Waals surface area (Å²) in [5.41, 5.74) is 6.10. The predicted molar refractivity (Wildman–Crippen MR) is 100 cm³/mol. The number of carbonyl (C=O) groups excluding carboxylic acids is 1. The van der Waals surface area contributed by atoms with Gasteiger partial charge in [-0.3, -0.25) is 4.79 Å². The second-order valence-electron chi connectivity index (χ2n) is 8.19. The van der Waals surface area contributed by atoms with Crippen LogP contribution in [0.1, 0.15) is 35.5 Å². The van der Waals surface area contributed by atoms with Crippen molar-refractivity contribution in [2.24, 2.45) is 16.1 Å². The molecule has 7 heteroatoms. The van der Waals surface area contributed by atoms with Crippen molar-refractivity contribution in [2.45, 2.75) is 31.4 Å². The fourth-order valence-electron chi connectivity index (χ4n) is 4.64. The van der Waals surface area contributed by atoms with Crippen LogP contribution >= 0.6 is 0 Å². The Balaban J connectivity index is 1.61. The summed E-state index contributed by atoms with van der Waals surface area (Å²) in [6.07, 6.45) is 1.72. The maximum absolute atomic E-state index is 12.5. The number of amidine groups is 1. The molecule has 1 fully saturated rings. The maximum Gasteiger partial charge on any atom is 0.283 e. The van der Waals surface area contributed by atoms with Gasteiger partial charge < -0.3 is 24.4 Å². The van der Waals surface area contributed by atoms with Crippen molar-refractivity contribution >= 4 is 11.8 Å². The van der Waals surface area contributed by atoms with E-state index in [1.807, 2.05) is 18.2 Å². The summed E-state index contributed by atoms with van der Waals surface area (Å²) in [6.45, 7) is 5.46. The van der Waals surface area contributed by atoms with Crippen LogP contribution in [0.4, 0.5) is 0 Å². The third kappa shape index (κ3) is 2.13. The maximum atomic E-state index is 12.5. The summed E-state index contributed by atoms with van der Waals surface area (Å²) in [5, 5.41) is 0. The number of ether oxygens (including phenoxy) is 3. The molecule has 5 rings (SSSR count). The van der Waals surface area contributed by atoms with Crippen molar-refractivity contribution in [3.8, 4) is 5.75 Å². The molecule has 0 amide bonds. The number of aliphatic imine (C=N–C) groups is 1. The first kappa shape index (κ1) is 17.3. The smallest absolute Gasteiger partial charge is 0.283 e. The van der Waals surface area contributed by atoms with E-state index < -0.39 is 16.6 Å². The van der Waals surface area contributed by atoms with Crippen LogP contribution in [0.3, 0.4) is 0 Å². The number of hydrogen-bond donors (Lipinski definition) is 1. The largest absolute Gasteiger partial charge is 0.487 e. The summed E-state index contributed by atoms with van der Waals surface area (Å²) in [7, 11) is 0. The fraction of sp³-hybridized carbons (Fsp3) is 0.429. The quantitative estimate of drug-likeness (QED) is 0.819. The lowest BCUT2D eigenvalue weighted by Gasteiger charge is -2.61. The fourth-order valence-corrected chi connectivity index (χ4v) is 4.64. The van der Waals surface area contributed by atoms with Gasteiger partial charge in [0.25, 0.3) is 6.02 Å². The predicted octanol–water partition coefficient (Wildman–Crippen LogP) is 2.43. The van der Waals surface area contributed by atoms with E-state index in [1.165, 1.54) is 6.26 Å². The van der Waals surface area contributed by atoms with Gasteiger partial charge in [-0.05, 0) is 43.7 Å². The first-order chi connectivity index (χ1) is 13.4. The summed E-state index contributed by atoms with van der Waals surface area (Å²) in [4.78, 5) is 17.3. The van der Waals surface area contributed by atoms with Gasteiger partial charge in [0.05, 0.1) is 24.9 Å². The van der Waals surface area contributed by atoms with Crippen LogP contribution in [-0.4, -0.2) is 37.2 Å². The van der Waals surface area contributed by atoms with Crippen LogP contribution in [0.15, 0.2) is 46.0 Å². The zero-order valence-electron chi connectivity index (χ0n) is 15.9. The first-order valence-electron chi connectivity index (χ1n) is 9.32. The molecule has 0 saturated carbocycles. The minimum Gasteiger partial charge on any atom is -0.487 e. The Morgan fingerprint density at radius 3 is 2.64 bits per heavy atom. The molecule has 1 aromatic carbocycles. The lowest BCUT2D eigenvalue weighted by atomic mass is 9.55. The van der Waals surface area contributed by atoms with Crippen molar-refractivity contribution in [3.05, 3.63) is 53.5 Å². The highest BCUT2D eigenvalue weighted by atomic mass is 16.5. The number of Topliss-reactive ketones (excluding diaryl/α,β-unsaturated/α-hetero) is 1. The van der Waals surface area contributed by atoms with Gasteiger partial charge in [0.1, 0.15) is 23.5 Å². The second kappa shape index (κ2) is 5.61. The lowest BCUT2D eigenvalue weighted by molar-refractivity contribution is -0.247. The molecule has 3 aliphatic heterocycles. The van der Waals surface area contributed by atoms with Gasteiger partial charge in [0.2, 0.25) is 5.78 Å². The Morgan fingerprint density at radius 1 is 1.21 bits per heavy atom. The molecule has 0 aliphatic carbocycles. The number of nitrogens with two attached hydrogens (primary N) is 1. The lowest BCUT2D eigenvalue weighted by Crippen LogP contribution is -2.71. The highest BCUT2D eigenvalue weighted by Gasteiger charge is 2.71. The molecule has 0 radical (unpaired) electrons. The molecule has 7 nitrogen and oxygen atoms in total. The van der Waals surface area contributed by atoms with Gasteiger partial charge in [0, 0.05) is 12.0 Å².